The highest BCUT2D eigenvalue weighted by Crippen LogP contribution is 2.19. The van der Waals surface area contributed by atoms with Gasteiger partial charge in [-0.05, 0) is 51.0 Å². The molecule has 0 bridgehead atoms. The smallest absolute Gasteiger partial charge is 0.326 e. The van der Waals surface area contributed by atoms with Gasteiger partial charge in [-0.2, -0.15) is 11.8 Å². The van der Waals surface area contributed by atoms with Crippen molar-refractivity contribution in [3.05, 3.63) is 0 Å². The summed E-state index contributed by atoms with van der Waals surface area (Å²) in [6, 6.07) is -3.50. The summed E-state index contributed by atoms with van der Waals surface area (Å²) < 4.78 is 0. The second-order valence-electron chi connectivity index (χ2n) is 7.66. The maximum absolute atomic E-state index is 12.7. The highest BCUT2D eigenvalue weighted by Gasteiger charge is 2.37. The van der Waals surface area contributed by atoms with E-state index in [0.717, 1.165) is 0 Å². The molecular formula is C19H35N7O5S. The number of carbonyl (C=O) groups is 4. The molecule has 1 saturated heterocycles. The van der Waals surface area contributed by atoms with Crippen molar-refractivity contribution in [3.63, 3.8) is 0 Å². The monoisotopic (exact) mass is 473 g/mol. The third-order valence-electron chi connectivity index (χ3n) is 5.10. The lowest BCUT2D eigenvalue weighted by molar-refractivity contribution is -0.143. The van der Waals surface area contributed by atoms with E-state index in [-0.39, 0.29) is 18.3 Å². The number of aliphatic carboxylic acids is 1. The van der Waals surface area contributed by atoms with Crippen LogP contribution in [0.5, 0.6) is 0 Å². The Hall–Kier alpha value is -2.54. The Morgan fingerprint density at radius 3 is 2.50 bits per heavy atom. The van der Waals surface area contributed by atoms with Gasteiger partial charge in [0.05, 0.1) is 6.04 Å². The van der Waals surface area contributed by atoms with Gasteiger partial charge in [0.25, 0.3) is 0 Å². The molecule has 0 spiro atoms. The van der Waals surface area contributed by atoms with Gasteiger partial charge in [-0.25, -0.2) is 4.79 Å². The van der Waals surface area contributed by atoms with Gasteiger partial charge >= 0.3 is 5.97 Å². The minimum atomic E-state index is -1.13. The van der Waals surface area contributed by atoms with Gasteiger partial charge in [0.1, 0.15) is 18.1 Å². The number of hydrogen-bond donors (Lipinski definition) is 6. The number of nitrogens with zero attached hydrogens (tertiary/aromatic N) is 2. The van der Waals surface area contributed by atoms with Crippen molar-refractivity contribution in [1.29, 1.82) is 0 Å². The fraction of sp³-hybridized carbons (Fsp3) is 0.737. The highest BCUT2D eigenvalue weighted by molar-refractivity contribution is 7.98. The van der Waals surface area contributed by atoms with Crippen LogP contribution < -0.4 is 27.8 Å². The number of carboxylic acids is 1. The van der Waals surface area contributed by atoms with E-state index in [0.29, 0.717) is 44.5 Å². The van der Waals surface area contributed by atoms with Gasteiger partial charge in [-0.15, -0.1) is 0 Å². The number of carbonyl (C=O) groups excluding carboxylic acids is 3. The first-order valence-corrected chi connectivity index (χ1v) is 11.9. The number of likely N-dealkylation sites (tertiary alicyclic amines) is 1. The molecule has 3 amide bonds. The van der Waals surface area contributed by atoms with E-state index in [1.165, 1.54) is 23.6 Å². The standard InChI is InChI=1S/C19H35N7O5S/c1-11(15(27)25-13(18(30)31)7-10-32-2)24-16(28)14-6-4-9-26(14)17(29)12(20)5-3-8-23-19(21)22/h11-14H,3-10,20H2,1-2H3,(H,24,28)(H,25,27)(H,30,31)(H4,21,22,23). The molecule has 0 aromatic carbocycles. The number of carboxylic acid groups (broad SMARTS) is 1. The molecule has 1 rings (SSSR count). The average Bonchev–Trinajstić information content (AvgIpc) is 3.22. The van der Waals surface area contributed by atoms with Crippen LogP contribution in [0, 0.1) is 0 Å². The quantitative estimate of drug-likeness (QED) is 0.101. The minimum absolute atomic E-state index is 0.0294. The summed E-state index contributed by atoms with van der Waals surface area (Å²) in [5.41, 5.74) is 16.5. The topological polar surface area (TPSA) is 206 Å². The Morgan fingerprint density at radius 2 is 1.91 bits per heavy atom. The molecule has 0 saturated carbocycles. The van der Waals surface area contributed by atoms with E-state index in [2.05, 4.69) is 15.6 Å². The average molecular weight is 474 g/mol. The summed E-state index contributed by atoms with van der Waals surface area (Å²) in [4.78, 5) is 54.4. The molecule has 1 heterocycles. The predicted molar refractivity (Wildman–Crippen MR) is 123 cm³/mol. The van der Waals surface area contributed by atoms with E-state index in [9.17, 15) is 24.3 Å². The molecule has 1 aliphatic heterocycles. The summed E-state index contributed by atoms with van der Waals surface area (Å²) in [5.74, 6) is -2.00. The summed E-state index contributed by atoms with van der Waals surface area (Å²) in [5, 5.41) is 14.3. The van der Waals surface area contributed by atoms with E-state index < -0.39 is 42.0 Å². The van der Waals surface area contributed by atoms with Crippen LogP contribution >= 0.6 is 11.8 Å². The minimum Gasteiger partial charge on any atom is -0.480 e. The molecule has 1 aliphatic rings. The second kappa shape index (κ2) is 13.8. The summed E-state index contributed by atoms with van der Waals surface area (Å²) in [6.07, 6.45) is 4.10. The van der Waals surface area contributed by atoms with Crippen LogP contribution in [0.2, 0.25) is 0 Å². The molecule has 0 aromatic rings. The first-order chi connectivity index (χ1) is 15.1. The van der Waals surface area contributed by atoms with Crippen LogP contribution in [0.1, 0.15) is 39.0 Å². The van der Waals surface area contributed by atoms with E-state index in [1.807, 2.05) is 6.26 Å². The van der Waals surface area contributed by atoms with Gasteiger partial charge in [-0.3, -0.25) is 19.4 Å². The number of nitrogens with two attached hydrogens (primary N) is 3. The molecule has 32 heavy (non-hydrogen) atoms. The lowest BCUT2D eigenvalue weighted by Gasteiger charge is -2.28. The first-order valence-electron chi connectivity index (χ1n) is 10.5. The van der Waals surface area contributed by atoms with Crippen molar-refractivity contribution < 1.29 is 24.3 Å². The summed E-state index contributed by atoms with van der Waals surface area (Å²) >= 11 is 1.47. The number of thioether (sulfide) groups is 1. The zero-order valence-electron chi connectivity index (χ0n) is 18.6. The Bertz CT molecular complexity index is 702. The molecule has 0 radical (unpaired) electrons. The zero-order chi connectivity index (χ0) is 24.3. The molecule has 0 aromatic heterocycles. The van der Waals surface area contributed by atoms with Crippen LogP contribution in [-0.2, 0) is 19.2 Å². The van der Waals surface area contributed by atoms with Crippen LogP contribution in [-0.4, -0.2) is 88.9 Å². The SMILES string of the molecule is CSCCC(NC(=O)C(C)NC(=O)C1CCCN1C(=O)C(N)CCCN=C(N)N)C(=O)O. The zero-order valence-corrected chi connectivity index (χ0v) is 19.4. The number of hydrogen-bond acceptors (Lipinski definition) is 7. The van der Waals surface area contributed by atoms with E-state index in [4.69, 9.17) is 17.2 Å². The predicted octanol–water partition coefficient (Wildman–Crippen LogP) is -1.81. The molecule has 182 valence electrons. The van der Waals surface area contributed by atoms with Crippen molar-refractivity contribution in [2.24, 2.45) is 22.2 Å². The summed E-state index contributed by atoms with van der Waals surface area (Å²) in [7, 11) is 0. The maximum atomic E-state index is 12.7. The Morgan fingerprint density at radius 1 is 1.22 bits per heavy atom. The molecule has 4 atom stereocenters. The molecule has 9 N–H and O–H groups in total. The number of aliphatic imine (C=N–C) groups is 1. The largest absolute Gasteiger partial charge is 0.480 e. The molecule has 0 aliphatic carbocycles. The summed E-state index contributed by atoms with van der Waals surface area (Å²) in [6.45, 7) is 2.22. The lowest BCUT2D eigenvalue weighted by Crippen LogP contribution is -2.55. The molecule has 13 heteroatoms. The van der Waals surface area contributed by atoms with Crippen molar-refractivity contribution in [1.82, 2.24) is 15.5 Å². The Labute approximate surface area is 192 Å². The van der Waals surface area contributed by atoms with E-state index in [1.54, 1.807) is 0 Å². The molecular weight excluding hydrogens is 438 g/mol. The highest BCUT2D eigenvalue weighted by atomic mass is 32.2. The molecule has 12 nitrogen and oxygen atoms in total. The Balaban J connectivity index is 2.62. The lowest BCUT2D eigenvalue weighted by atomic mass is 10.1. The normalized spacial score (nSPS) is 18.3. The number of amides is 3. The molecule has 1 fully saturated rings. The van der Waals surface area contributed by atoms with Crippen LogP contribution in [0.25, 0.3) is 0 Å². The van der Waals surface area contributed by atoms with E-state index >= 15 is 0 Å². The van der Waals surface area contributed by atoms with Gasteiger partial charge in [0.15, 0.2) is 5.96 Å². The van der Waals surface area contributed by atoms with Crippen LogP contribution in [0.4, 0.5) is 0 Å². The van der Waals surface area contributed by atoms with Gasteiger partial charge in [-0.1, -0.05) is 0 Å². The van der Waals surface area contributed by atoms with Crippen molar-refractivity contribution in [2.45, 2.75) is 63.2 Å². The third kappa shape index (κ3) is 8.91. The molecule has 4 unspecified atom stereocenters. The maximum Gasteiger partial charge on any atom is 0.326 e. The third-order valence-corrected chi connectivity index (χ3v) is 5.74. The number of nitrogens with one attached hydrogen (secondary N) is 2. The van der Waals surface area contributed by atoms with Crippen molar-refractivity contribution in [3.8, 4) is 0 Å². The first kappa shape index (κ1) is 27.5. The number of guanidine groups is 1. The van der Waals surface area contributed by atoms with Crippen molar-refractivity contribution in [2.75, 3.05) is 25.1 Å². The fourth-order valence-electron chi connectivity index (χ4n) is 3.32. The number of rotatable bonds is 13. The van der Waals surface area contributed by atoms with Crippen LogP contribution in [0.3, 0.4) is 0 Å². The van der Waals surface area contributed by atoms with Gasteiger partial charge in [0, 0.05) is 13.1 Å². The van der Waals surface area contributed by atoms with Gasteiger partial charge < -0.3 is 37.8 Å². The Kier molecular flexibility index (Phi) is 11.8. The van der Waals surface area contributed by atoms with Gasteiger partial charge in [0.2, 0.25) is 17.7 Å². The van der Waals surface area contributed by atoms with Crippen LogP contribution in [0.15, 0.2) is 4.99 Å². The fourth-order valence-corrected chi connectivity index (χ4v) is 3.80. The second-order valence-corrected chi connectivity index (χ2v) is 8.64. The van der Waals surface area contributed by atoms with Crippen molar-refractivity contribution >= 4 is 41.4 Å².